The van der Waals surface area contributed by atoms with Crippen molar-refractivity contribution in [2.75, 3.05) is 18.0 Å². The molecule has 0 bridgehead atoms. The Morgan fingerprint density at radius 3 is 2.43 bits per heavy atom. The van der Waals surface area contributed by atoms with Crippen molar-refractivity contribution in [3.05, 3.63) is 38.9 Å². The van der Waals surface area contributed by atoms with Crippen LogP contribution >= 0.6 is 11.6 Å². The molecule has 2 heterocycles. The molecule has 1 aliphatic heterocycles. The second-order valence-electron chi connectivity index (χ2n) is 11.0. The Labute approximate surface area is 208 Å². The Morgan fingerprint density at radius 2 is 1.86 bits per heavy atom. The second kappa shape index (κ2) is 8.69. The first kappa shape index (κ1) is 25.3. The number of amides is 1. The number of carboxylic acids is 1. The van der Waals surface area contributed by atoms with Crippen molar-refractivity contribution >= 4 is 40.3 Å². The molecule has 1 atom stereocenters. The van der Waals surface area contributed by atoms with Gasteiger partial charge in [-0.15, -0.1) is 0 Å². The highest BCUT2D eigenvalue weighted by Crippen LogP contribution is 2.43. The van der Waals surface area contributed by atoms with E-state index in [-0.39, 0.29) is 28.1 Å². The molecule has 2 aromatic rings. The van der Waals surface area contributed by atoms with Gasteiger partial charge in [0.25, 0.3) is 0 Å². The molecule has 35 heavy (non-hydrogen) atoms. The van der Waals surface area contributed by atoms with Gasteiger partial charge in [-0.25, -0.2) is 14.0 Å². The lowest BCUT2D eigenvalue weighted by molar-refractivity contribution is 0.0441. The van der Waals surface area contributed by atoms with E-state index in [0.717, 1.165) is 18.9 Å². The SMILES string of the molecule is CC(C)(C)OC(=O)NC(C)(C)[C@H]1CCN(c2c(F)cc3c(=O)c(C(=O)O)cn(C4CC4)c3c2Cl)C1. The smallest absolute Gasteiger partial charge is 0.408 e. The third-order valence-corrected chi connectivity index (χ3v) is 7.06. The van der Waals surface area contributed by atoms with Crippen molar-refractivity contribution in [3.8, 4) is 0 Å². The second-order valence-corrected chi connectivity index (χ2v) is 11.4. The summed E-state index contributed by atoms with van der Waals surface area (Å²) in [7, 11) is 0. The molecule has 2 N–H and O–H groups in total. The zero-order chi connectivity index (χ0) is 25.9. The number of ether oxygens (including phenoxy) is 1. The van der Waals surface area contributed by atoms with E-state index in [1.807, 2.05) is 18.7 Å². The quantitative estimate of drug-likeness (QED) is 0.593. The topological polar surface area (TPSA) is 101 Å². The minimum Gasteiger partial charge on any atom is -0.477 e. The van der Waals surface area contributed by atoms with E-state index < -0.39 is 40.0 Å². The number of nitrogens with zero attached hydrogens (tertiary/aromatic N) is 2. The van der Waals surface area contributed by atoms with Crippen molar-refractivity contribution in [2.45, 2.75) is 71.1 Å². The maximum atomic E-state index is 15.4. The number of hydrogen-bond donors (Lipinski definition) is 2. The van der Waals surface area contributed by atoms with E-state index in [1.54, 1.807) is 25.3 Å². The molecular weight excluding hydrogens is 477 g/mol. The van der Waals surface area contributed by atoms with Crippen molar-refractivity contribution in [1.82, 2.24) is 9.88 Å². The summed E-state index contributed by atoms with van der Waals surface area (Å²) in [4.78, 5) is 38.6. The normalized spacial score (nSPS) is 18.7. The van der Waals surface area contributed by atoms with Gasteiger partial charge in [0.1, 0.15) is 17.0 Å². The molecule has 2 fully saturated rings. The van der Waals surface area contributed by atoms with E-state index in [0.29, 0.717) is 25.0 Å². The van der Waals surface area contributed by atoms with E-state index in [9.17, 15) is 19.5 Å². The monoisotopic (exact) mass is 507 g/mol. The van der Waals surface area contributed by atoms with Gasteiger partial charge < -0.3 is 24.6 Å². The summed E-state index contributed by atoms with van der Waals surface area (Å²) in [6, 6.07) is 1.12. The summed E-state index contributed by atoms with van der Waals surface area (Å²) >= 11 is 6.75. The van der Waals surface area contributed by atoms with E-state index >= 15 is 4.39 Å². The summed E-state index contributed by atoms with van der Waals surface area (Å²) in [6.07, 6.45) is 3.15. The Morgan fingerprint density at radius 1 is 1.20 bits per heavy atom. The van der Waals surface area contributed by atoms with Crippen LogP contribution in [0.1, 0.15) is 70.3 Å². The highest BCUT2D eigenvalue weighted by Gasteiger charge is 2.39. The average molecular weight is 508 g/mol. The van der Waals surface area contributed by atoms with Gasteiger partial charge in [0.15, 0.2) is 0 Å². The fourth-order valence-corrected chi connectivity index (χ4v) is 5.14. The number of anilines is 1. The molecule has 0 radical (unpaired) electrons. The average Bonchev–Trinajstić information content (AvgIpc) is 3.43. The molecular formula is C25H31ClFN3O5. The molecule has 8 nitrogen and oxygen atoms in total. The van der Waals surface area contributed by atoms with Crippen LogP contribution in [0, 0.1) is 11.7 Å². The molecule has 1 amide bonds. The number of fused-ring (bicyclic) bond motifs is 1. The Hall–Kier alpha value is -2.81. The van der Waals surface area contributed by atoms with Crippen LogP contribution in [-0.4, -0.2) is 46.0 Å². The molecule has 1 aromatic carbocycles. The number of carbonyl (C=O) groups is 2. The number of carboxylic acid groups (broad SMARTS) is 1. The largest absolute Gasteiger partial charge is 0.477 e. The van der Waals surface area contributed by atoms with Gasteiger partial charge in [0.05, 0.1) is 21.6 Å². The molecule has 1 aromatic heterocycles. The number of nitrogens with one attached hydrogen (secondary N) is 1. The van der Waals surface area contributed by atoms with Gasteiger partial charge in [0.2, 0.25) is 5.43 Å². The van der Waals surface area contributed by atoms with Gasteiger partial charge in [-0.1, -0.05) is 11.6 Å². The zero-order valence-electron chi connectivity index (χ0n) is 20.6. The van der Waals surface area contributed by atoms with Crippen LogP contribution in [0.4, 0.5) is 14.9 Å². The van der Waals surface area contributed by atoms with Crippen LogP contribution in [0.2, 0.25) is 5.02 Å². The number of hydrogen-bond acceptors (Lipinski definition) is 5. The molecule has 4 rings (SSSR count). The van der Waals surface area contributed by atoms with Crippen molar-refractivity contribution in [2.24, 2.45) is 5.92 Å². The van der Waals surface area contributed by atoms with Crippen LogP contribution in [0.3, 0.4) is 0 Å². The molecule has 190 valence electrons. The number of benzene rings is 1. The number of pyridine rings is 1. The number of aromatic carboxylic acids is 1. The van der Waals surface area contributed by atoms with Crippen LogP contribution in [-0.2, 0) is 4.74 Å². The molecule has 2 aliphatic rings. The lowest BCUT2D eigenvalue weighted by atomic mass is 9.87. The summed E-state index contributed by atoms with van der Waals surface area (Å²) in [5.74, 6) is -2.04. The van der Waals surface area contributed by atoms with Gasteiger partial charge in [-0.2, -0.15) is 0 Å². The first-order valence-electron chi connectivity index (χ1n) is 11.8. The molecule has 10 heteroatoms. The number of carbonyl (C=O) groups excluding carboxylic acids is 1. The summed E-state index contributed by atoms with van der Waals surface area (Å²) in [6.45, 7) is 10.1. The van der Waals surface area contributed by atoms with Gasteiger partial charge in [0, 0.05) is 36.8 Å². The minimum absolute atomic E-state index is 0.0128. The molecule has 1 aliphatic carbocycles. The minimum atomic E-state index is -1.35. The maximum absolute atomic E-state index is 15.4. The van der Waals surface area contributed by atoms with Crippen molar-refractivity contribution < 1.29 is 23.8 Å². The number of alkyl carbamates (subject to hydrolysis) is 1. The third kappa shape index (κ3) is 4.96. The maximum Gasteiger partial charge on any atom is 0.408 e. The van der Waals surface area contributed by atoms with Crippen molar-refractivity contribution in [1.29, 1.82) is 0 Å². The predicted octanol–water partition coefficient (Wildman–Crippen LogP) is 4.96. The highest BCUT2D eigenvalue weighted by molar-refractivity contribution is 6.38. The fraction of sp³-hybridized carbons (Fsp3) is 0.560. The Balaban J connectivity index is 1.68. The van der Waals surface area contributed by atoms with Gasteiger partial charge >= 0.3 is 12.1 Å². The molecule has 1 saturated carbocycles. The standard InChI is InChI=1S/C25H31ClFN3O5/c1-24(2,3)35-23(34)28-25(4,5)13-8-9-29(11-13)20-17(27)10-15-19(18(20)26)30(14-6-7-14)12-16(21(15)31)22(32)33/h10,12-14H,6-9,11H2,1-5H3,(H,28,34)(H,32,33)/t13-/m0/s1. The Bertz CT molecular complexity index is 1260. The number of halogens is 2. The number of rotatable bonds is 5. The van der Waals surface area contributed by atoms with Crippen LogP contribution in [0.15, 0.2) is 17.1 Å². The lowest BCUT2D eigenvalue weighted by Crippen LogP contribution is -2.51. The third-order valence-electron chi connectivity index (χ3n) is 6.70. The van der Waals surface area contributed by atoms with Gasteiger partial charge in [-0.3, -0.25) is 4.79 Å². The first-order chi connectivity index (χ1) is 16.2. The summed E-state index contributed by atoms with van der Waals surface area (Å²) < 4.78 is 22.5. The summed E-state index contributed by atoms with van der Waals surface area (Å²) in [5, 5.41) is 12.4. The number of aromatic nitrogens is 1. The summed E-state index contributed by atoms with van der Waals surface area (Å²) in [5.41, 5.74) is -1.85. The van der Waals surface area contributed by atoms with Crippen LogP contribution in [0.5, 0.6) is 0 Å². The lowest BCUT2D eigenvalue weighted by Gasteiger charge is -2.34. The molecule has 0 spiro atoms. The van der Waals surface area contributed by atoms with Gasteiger partial charge in [-0.05, 0) is 59.9 Å². The van der Waals surface area contributed by atoms with Crippen molar-refractivity contribution in [3.63, 3.8) is 0 Å². The zero-order valence-corrected chi connectivity index (χ0v) is 21.3. The predicted molar refractivity (Wildman–Crippen MR) is 132 cm³/mol. The molecule has 0 unspecified atom stereocenters. The van der Waals surface area contributed by atoms with E-state index in [2.05, 4.69) is 5.32 Å². The van der Waals surface area contributed by atoms with Crippen LogP contribution < -0.4 is 15.6 Å². The molecule has 1 saturated heterocycles. The van der Waals surface area contributed by atoms with Crippen LogP contribution in [0.25, 0.3) is 10.9 Å². The first-order valence-corrected chi connectivity index (χ1v) is 12.1. The van der Waals surface area contributed by atoms with E-state index in [1.165, 1.54) is 6.20 Å². The fourth-order valence-electron chi connectivity index (χ4n) is 4.74. The highest BCUT2D eigenvalue weighted by atomic mass is 35.5. The Kier molecular flexibility index (Phi) is 6.28. The van der Waals surface area contributed by atoms with E-state index in [4.69, 9.17) is 16.3 Å².